The highest BCUT2D eigenvalue weighted by molar-refractivity contribution is 5.70. The van der Waals surface area contributed by atoms with Gasteiger partial charge in [0.2, 0.25) is 0 Å². The summed E-state index contributed by atoms with van der Waals surface area (Å²) in [7, 11) is 1.55. The van der Waals surface area contributed by atoms with E-state index in [1.807, 2.05) is 0 Å². The van der Waals surface area contributed by atoms with E-state index in [1.54, 1.807) is 14.0 Å². The Hall–Kier alpha value is -1.36. The lowest BCUT2D eigenvalue weighted by molar-refractivity contribution is -0.252. The molecule has 5 aliphatic rings. The molecule has 0 amide bonds. The molecule has 0 N–H and O–H groups in total. The highest BCUT2D eigenvalue weighted by Crippen LogP contribution is 2.77. The number of fused-ring (bicyclic) bond motifs is 7. The third-order valence-electron chi connectivity index (χ3n) is 14.3. The van der Waals surface area contributed by atoms with E-state index >= 15 is 0 Å². The Balaban J connectivity index is 1.47. The fraction of sp³-hybridized carbons (Fsp3) is 0.886. The summed E-state index contributed by atoms with van der Waals surface area (Å²) in [5, 5.41) is 0. The van der Waals surface area contributed by atoms with E-state index in [4.69, 9.17) is 14.2 Å². The molecule has 226 valence electrons. The molecule has 5 saturated carbocycles. The maximum atomic E-state index is 12.4. The Bertz CT molecular complexity index is 1030. The van der Waals surface area contributed by atoms with Crippen LogP contribution in [0, 0.1) is 56.7 Å². The first kappa shape index (κ1) is 30.1. The van der Waals surface area contributed by atoms with Gasteiger partial charge in [-0.3, -0.25) is 4.79 Å². The molecule has 5 heteroatoms. The summed E-state index contributed by atoms with van der Waals surface area (Å²) >= 11 is 0. The van der Waals surface area contributed by atoms with Gasteiger partial charge in [0, 0.05) is 24.9 Å². The third kappa shape index (κ3) is 4.25. The van der Waals surface area contributed by atoms with Gasteiger partial charge in [0.15, 0.2) is 0 Å². The minimum Gasteiger partial charge on any atom is -0.463 e. The number of methoxy groups -OCH3 is 1. The second-order valence-corrected chi connectivity index (χ2v) is 16.1. The molecule has 0 radical (unpaired) electrons. The van der Waals surface area contributed by atoms with Gasteiger partial charge < -0.3 is 14.2 Å². The van der Waals surface area contributed by atoms with Crippen LogP contribution in [-0.2, 0) is 23.8 Å². The smallest absolute Gasteiger partial charge is 0.332 e. The highest BCUT2D eigenvalue weighted by Gasteiger charge is 2.71. The number of allylic oxidation sites excluding steroid dienone is 1. The van der Waals surface area contributed by atoms with E-state index < -0.39 is 0 Å². The monoisotopic (exact) mass is 556 g/mol. The SMILES string of the molecule is C=C(C)[C@@H]1CC[C@]2(COC(=O)COC)CC[C@]3(C)C(CCC4[C@@]5(C)CCC(OC(C)=O)C(C)(C)C5CC[C@]43C)C12. The Morgan fingerprint density at radius 3 is 2.20 bits per heavy atom. The zero-order valence-electron chi connectivity index (χ0n) is 26.7. The van der Waals surface area contributed by atoms with E-state index in [9.17, 15) is 9.59 Å². The van der Waals surface area contributed by atoms with Gasteiger partial charge in [-0.15, -0.1) is 0 Å². The second kappa shape index (κ2) is 10.1. The largest absolute Gasteiger partial charge is 0.463 e. The Kier molecular flexibility index (Phi) is 7.62. The number of esters is 2. The molecule has 5 rings (SSSR count). The molecule has 5 fully saturated rings. The lowest BCUT2D eigenvalue weighted by Gasteiger charge is -2.73. The highest BCUT2D eigenvalue weighted by atomic mass is 16.6. The van der Waals surface area contributed by atoms with Crippen molar-refractivity contribution in [3.05, 3.63) is 12.2 Å². The molecule has 0 bridgehead atoms. The molecule has 0 saturated heterocycles. The first-order valence-corrected chi connectivity index (χ1v) is 16.1. The summed E-state index contributed by atoms with van der Waals surface area (Å²) < 4.78 is 16.9. The molecule has 0 aromatic carbocycles. The summed E-state index contributed by atoms with van der Waals surface area (Å²) in [4.78, 5) is 24.3. The van der Waals surface area contributed by atoms with Crippen molar-refractivity contribution in [3.63, 3.8) is 0 Å². The van der Waals surface area contributed by atoms with Crippen molar-refractivity contribution >= 4 is 11.9 Å². The standard InChI is InChI=1S/C35H56O5/c1-22(2)24-12-17-35(21-39-29(37)20-38-9)19-18-33(7)25(30(24)35)10-11-27-32(6)15-14-28(40-23(3)36)31(4,5)26(32)13-16-34(27,33)8/h24-28,30H,1,10-21H2,2-9H3/t24-,25?,26?,27?,28?,30?,32-,33+,34+,35+/m0/s1. The molecule has 0 spiro atoms. The van der Waals surface area contributed by atoms with Gasteiger partial charge in [-0.05, 0) is 117 Å². The minimum absolute atomic E-state index is 0.0119. The second-order valence-electron chi connectivity index (χ2n) is 16.1. The van der Waals surface area contributed by atoms with Crippen molar-refractivity contribution in [2.24, 2.45) is 56.7 Å². The normalized spacial score (nSPS) is 47.2. The number of hydrogen-bond acceptors (Lipinski definition) is 5. The van der Waals surface area contributed by atoms with Crippen molar-refractivity contribution in [1.82, 2.24) is 0 Å². The molecule has 0 aliphatic heterocycles. The van der Waals surface area contributed by atoms with Gasteiger partial charge in [0.05, 0.1) is 6.61 Å². The minimum atomic E-state index is -0.239. The zero-order valence-corrected chi connectivity index (χ0v) is 26.7. The van der Waals surface area contributed by atoms with Crippen LogP contribution in [0.4, 0.5) is 0 Å². The van der Waals surface area contributed by atoms with Crippen molar-refractivity contribution in [1.29, 1.82) is 0 Å². The lowest BCUT2D eigenvalue weighted by Crippen LogP contribution is -2.67. The molecule has 10 atom stereocenters. The molecular weight excluding hydrogens is 500 g/mol. The van der Waals surface area contributed by atoms with Crippen LogP contribution in [0.1, 0.15) is 113 Å². The van der Waals surface area contributed by atoms with Crippen LogP contribution in [0.2, 0.25) is 0 Å². The first-order valence-electron chi connectivity index (χ1n) is 16.1. The number of ether oxygens (including phenoxy) is 3. The fourth-order valence-electron chi connectivity index (χ4n) is 12.3. The predicted octanol–water partition coefficient (Wildman–Crippen LogP) is 7.77. The Morgan fingerprint density at radius 1 is 0.825 bits per heavy atom. The van der Waals surface area contributed by atoms with Crippen LogP contribution >= 0.6 is 0 Å². The maximum absolute atomic E-state index is 12.4. The van der Waals surface area contributed by atoms with Crippen LogP contribution in [0.15, 0.2) is 12.2 Å². The van der Waals surface area contributed by atoms with Crippen molar-refractivity contribution in [2.45, 2.75) is 119 Å². The van der Waals surface area contributed by atoms with Gasteiger partial charge in [0.25, 0.3) is 0 Å². The molecule has 40 heavy (non-hydrogen) atoms. The van der Waals surface area contributed by atoms with Crippen molar-refractivity contribution in [3.8, 4) is 0 Å². The average molecular weight is 557 g/mol. The summed E-state index contributed by atoms with van der Waals surface area (Å²) in [6.07, 6.45) is 11.8. The topological polar surface area (TPSA) is 61.8 Å². The van der Waals surface area contributed by atoms with Gasteiger partial charge in [-0.2, -0.15) is 0 Å². The molecular formula is C35H56O5. The quantitative estimate of drug-likeness (QED) is 0.247. The summed E-state index contributed by atoms with van der Waals surface area (Å²) in [5.74, 6) is 2.52. The van der Waals surface area contributed by atoms with Gasteiger partial charge in [0.1, 0.15) is 12.7 Å². The van der Waals surface area contributed by atoms with Crippen LogP contribution in [0.3, 0.4) is 0 Å². The zero-order chi connectivity index (χ0) is 29.3. The number of rotatable bonds is 6. The Morgan fingerprint density at radius 2 is 1.55 bits per heavy atom. The summed E-state index contributed by atoms with van der Waals surface area (Å²) in [6, 6.07) is 0. The van der Waals surface area contributed by atoms with Gasteiger partial charge >= 0.3 is 11.9 Å². The molecule has 0 aromatic heterocycles. The molecule has 0 aromatic rings. The van der Waals surface area contributed by atoms with Gasteiger partial charge in [-0.1, -0.05) is 46.8 Å². The average Bonchev–Trinajstić information content (AvgIpc) is 3.25. The molecule has 5 aliphatic carbocycles. The number of hydrogen-bond donors (Lipinski definition) is 0. The van der Waals surface area contributed by atoms with E-state index in [-0.39, 0.29) is 51.7 Å². The van der Waals surface area contributed by atoms with Crippen molar-refractivity contribution in [2.75, 3.05) is 20.3 Å². The molecule has 5 nitrogen and oxygen atoms in total. The van der Waals surface area contributed by atoms with Crippen molar-refractivity contribution < 1.29 is 23.8 Å². The number of carbonyl (C=O) groups excluding carboxylic acids is 2. The summed E-state index contributed by atoms with van der Waals surface area (Å²) in [5.41, 5.74) is 2.14. The maximum Gasteiger partial charge on any atom is 0.332 e. The van der Waals surface area contributed by atoms with Crippen LogP contribution in [0.5, 0.6) is 0 Å². The van der Waals surface area contributed by atoms with E-state index in [1.165, 1.54) is 44.1 Å². The summed E-state index contributed by atoms with van der Waals surface area (Å²) in [6.45, 7) is 21.5. The molecule has 5 unspecified atom stereocenters. The van der Waals surface area contributed by atoms with Crippen LogP contribution in [0.25, 0.3) is 0 Å². The van der Waals surface area contributed by atoms with Crippen LogP contribution < -0.4 is 0 Å². The fourth-order valence-corrected chi connectivity index (χ4v) is 12.3. The number of carbonyl (C=O) groups is 2. The Labute approximate surface area is 243 Å². The van der Waals surface area contributed by atoms with E-state index in [0.29, 0.717) is 36.2 Å². The van der Waals surface area contributed by atoms with E-state index in [0.717, 1.165) is 25.7 Å². The van der Waals surface area contributed by atoms with E-state index in [2.05, 4.69) is 48.1 Å². The first-order chi connectivity index (χ1) is 18.7. The van der Waals surface area contributed by atoms with Crippen LogP contribution in [-0.4, -0.2) is 38.4 Å². The van der Waals surface area contributed by atoms with Gasteiger partial charge in [-0.25, -0.2) is 4.79 Å². The predicted molar refractivity (Wildman–Crippen MR) is 157 cm³/mol. The molecule has 0 heterocycles. The third-order valence-corrected chi connectivity index (χ3v) is 14.3. The lowest BCUT2D eigenvalue weighted by atomic mass is 9.32.